The van der Waals surface area contributed by atoms with Crippen molar-refractivity contribution in [2.75, 3.05) is 25.0 Å². The number of benzene rings is 1. The Kier molecular flexibility index (Phi) is 4.60. The molecule has 5 heteroatoms. The Morgan fingerprint density at radius 2 is 2.44 bits per heavy atom. The zero-order chi connectivity index (χ0) is 13.0. The maximum absolute atomic E-state index is 11.6. The second-order valence-electron chi connectivity index (χ2n) is 4.25. The average Bonchev–Trinajstić information content (AvgIpc) is 2.85. The van der Waals surface area contributed by atoms with E-state index < -0.39 is 0 Å². The van der Waals surface area contributed by atoms with Crippen molar-refractivity contribution in [3.8, 4) is 0 Å². The fourth-order valence-electron chi connectivity index (χ4n) is 1.97. The van der Waals surface area contributed by atoms with Gasteiger partial charge in [-0.1, -0.05) is 0 Å². The molecule has 1 atom stereocenters. The molecule has 1 fully saturated rings. The van der Waals surface area contributed by atoms with Gasteiger partial charge in [0.05, 0.1) is 12.2 Å². The average molecular weight is 313 g/mol. The van der Waals surface area contributed by atoms with Gasteiger partial charge in [0.15, 0.2) is 0 Å². The van der Waals surface area contributed by atoms with Crippen LogP contribution in [0.25, 0.3) is 0 Å². The van der Waals surface area contributed by atoms with Gasteiger partial charge < -0.3 is 15.4 Å². The van der Waals surface area contributed by atoms with Crippen molar-refractivity contribution in [1.29, 1.82) is 0 Å². The van der Waals surface area contributed by atoms with Crippen molar-refractivity contribution in [2.45, 2.75) is 19.4 Å². The topological polar surface area (TPSA) is 50.4 Å². The Balaban J connectivity index is 2.06. The number of esters is 1. The highest BCUT2D eigenvalue weighted by Gasteiger charge is 2.16. The molecule has 0 saturated carbocycles. The number of ether oxygens (including phenoxy) is 1. The lowest BCUT2D eigenvalue weighted by molar-refractivity contribution is 0.0526. The lowest BCUT2D eigenvalue weighted by atomic mass is 10.2. The molecule has 98 valence electrons. The van der Waals surface area contributed by atoms with Crippen LogP contribution in [-0.4, -0.2) is 31.7 Å². The smallest absolute Gasteiger partial charge is 0.338 e. The summed E-state index contributed by atoms with van der Waals surface area (Å²) < 4.78 is 5.85. The summed E-state index contributed by atoms with van der Waals surface area (Å²) in [6.45, 7) is 4.22. The highest BCUT2D eigenvalue weighted by Crippen LogP contribution is 2.25. The van der Waals surface area contributed by atoms with Gasteiger partial charge in [0, 0.05) is 22.7 Å². The molecule has 1 heterocycles. The van der Waals surface area contributed by atoms with Gasteiger partial charge in [0.25, 0.3) is 0 Å². The van der Waals surface area contributed by atoms with Crippen molar-refractivity contribution in [1.82, 2.24) is 5.32 Å². The zero-order valence-electron chi connectivity index (χ0n) is 10.3. The zero-order valence-corrected chi connectivity index (χ0v) is 11.9. The van der Waals surface area contributed by atoms with E-state index in [1.807, 2.05) is 6.07 Å². The molecule has 1 aliphatic heterocycles. The van der Waals surface area contributed by atoms with Crippen LogP contribution in [-0.2, 0) is 4.74 Å². The SMILES string of the molecule is CCOC(=O)c1ccc(NC2CCNC2)c(Br)c1. The van der Waals surface area contributed by atoms with Crippen molar-refractivity contribution >= 4 is 27.6 Å². The van der Waals surface area contributed by atoms with Gasteiger partial charge in [0.1, 0.15) is 0 Å². The third kappa shape index (κ3) is 3.23. The quantitative estimate of drug-likeness (QED) is 0.838. The summed E-state index contributed by atoms with van der Waals surface area (Å²) in [4.78, 5) is 11.6. The van der Waals surface area contributed by atoms with Crippen LogP contribution >= 0.6 is 15.9 Å². The van der Waals surface area contributed by atoms with E-state index in [0.29, 0.717) is 18.2 Å². The van der Waals surface area contributed by atoms with Gasteiger partial charge in [-0.25, -0.2) is 4.79 Å². The molecule has 0 aliphatic carbocycles. The number of halogens is 1. The molecule has 1 unspecified atom stereocenters. The molecule has 1 aromatic rings. The molecule has 2 N–H and O–H groups in total. The molecule has 4 nitrogen and oxygen atoms in total. The van der Waals surface area contributed by atoms with Crippen LogP contribution in [0.2, 0.25) is 0 Å². The minimum Gasteiger partial charge on any atom is -0.462 e. The Hall–Kier alpha value is -1.07. The van der Waals surface area contributed by atoms with E-state index in [2.05, 4.69) is 26.6 Å². The van der Waals surface area contributed by atoms with Crippen LogP contribution in [0.3, 0.4) is 0 Å². The fourth-order valence-corrected chi connectivity index (χ4v) is 2.46. The number of rotatable bonds is 4. The largest absolute Gasteiger partial charge is 0.462 e. The summed E-state index contributed by atoms with van der Waals surface area (Å²) in [6, 6.07) is 5.94. The maximum atomic E-state index is 11.6. The standard InChI is InChI=1S/C13H17BrN2O2/c1-2-18-13(17)9-3-4-12(11(14)7-9)16-10-5-6-15-8-10/h3-4,7,10,15-16H,2,5-6,8H2,1H3. The Bertz CT molecular complexity index is 431. The van der Waals surface area contributed by atoms with Crippen LogP contribution < -0.4 is 10.6 Å². The Morgan fingerprint density at radius 1 is 1.61 bits per heavy atom. The first kappa shape index (κ1) is 13.4. The highest BCUT2D eigenvalue weighted by atomic mass is 79.9. The predicted molar refractivity (Wildman–Crippen MR) is 75.0 cm³/mol. The first-order valence-electron chi connectivity index (χ1n) is 6.14. The van der Waals surface area contributed by atoms with Crippen LogP contribution in [0.4, 0.5) is 5.69 Å². The minimum absolute atomic E-state index is 0.285. The van der Waals surface area contributed by atoms with E-state index in [4.69, 9.17) is 4.74 Å². The third-order valence-electron chi connectivity index (χ3n) is 2.90. The molecule has 1 saturated heterocycles. The molecule has 0 bridgehead atoms. The molecule has 0 radical (unpaired) electrons. The number of hydrogen-bond donors (Lipinski definition) is 2. The highest BCUT2D eigenvalue weighted by molar-refractivity contribution is 9.10. The van der Waals surface area contributed by atoms with Gasteiger partial charge in [-0.15, -0.1) is 0 Å². The summed E-state index contributed by atoms with van der Waals surface area (Å²) >= 11 is 3.48. The van der Waals surface area contributed by atoms with Crippen LogP contribution in [0.5, 0.6) is 0 Å². The van der Waals surface area contributed by atoms with E-state index in [1.165, 1.54) is 0 Å². The van der Waals surface area contributed by atoms with E-state index >= 15 is 0 Å². The van der Waals surface area contributed by atoms with Gasteiger partial charge in [-0.2, -0.15) is 0 Å². The maximum Gasteiger partial charge on any atom is 0.338 e. The molecule has 0 spiro atoms. The molecule has 1 aromatic carbocycles. The lowest BCUT2D eigenvalue weighted by Gasteiger charge is -2.15. The van der Waals surface area contributed by atoms with Crippen LogP contribution in [0.15, 0.2) is 22.7 Å². The van der Waals surface area contributed by atoms with Crippen molar-refractivity contribution in [3.05, 3.63) is 28.2 Å². The number of carbonyl (C=O) groups is 1. The van der Waals surface area contributed by atoms with E-state index in [9.17, 15) is 4.79 Å². The number of anilines is 1. The van der Waals surface area contributed by atoms with Gasteiger partial charge in [-0.3, -0.25) is 0 Å². The Morgan fingerprint density at radius 3 is 3.06 bits per heavy atom. The Labute approximate surface area is 115 Å². The van der Waals surface area contributed by atoms with Crippen LogP contribution in [0, 0.1) is 0 Å². The van der Waals surface area contributed by atoms with Gasteiger partial charge in [-0.05, 0) is 54.0 Å². The van der Waals surface area contributed by atoms with E-state index in [1.54, 1.807) is 19.1 Å². The van der Waals surface area contributed by atoms with Crippen molar-refractivity contribution < 1.29 is 9.53 Å². The summed E-state index contributed by atoms with van der Waals surface area (Å²) in [5, 5.41) is 6.75. The molecule has 0 amide bonds. The fraction of sp³-hybridized carbons (Fsp3) is 0.462. The second kappa shape index (κ2) is 6.20. The molecule has 1 aliphatic rings. The molecule has 2 rings (SSSR count). The normalized spacial score (nSPS) is 18.7. The third-order valence-corrected chi connectivity index (χ3v) is 3.56. The summed E-state index contributed by atoms with van der Waals surface area (Å²) in [6.07, 6.45) is 1.12. The minimum atomic E-state index is -0.285. The first-order valence-corrected chi connectivity index (χ1v) is 6.94. The molecular weight excluding hydrogens is 296 g/mol. The molecular formula is C13H17BrN2O2. The van der Waals surface area contributed by atoms with Crippen LogP contribution in [0.1, 0.15) is 23.7 Å². The molecule has 18 heavy (non-hydrogen) atoms. The van der Waals surface area contributed by atoms with E-state index in [-0.39, 0.29) is 5.97 Å². The lowest BCUT2D eigenvalue weighted by Crippen LogP contribution is -2.22. The summed E-state index contributed by atoms with van der Waals surface area (Å²) in [7, 11) is 0. The van der Waals surface area contributed by atoms with Gasteiger partial charge in [0.2, 0.25) is 0 Å². The number of nitrogens with one attached hydrogen (secondary N) is 2. The predicted octanol–water partition coefficient (Wildman–Crippen LogP) is 2.40. The first-order chi connectivity index (χ1) is 8.70. The summed E-state index contributed by atoms with van der Waals surface area (Å²) in [5.74, 6) is -0.285. The number of carbonyl (C=O) groups excluding carboxylic acids is 1. The second-order valence-corrected chi connectivity index (χ2v) is 5.10. The van der Waals surface area contributed by atoms with Crippen molar-refractivity contribution in [3.63, 3.8) is 0 Å². The summed E-state index contributed by atoms with van der Waals surface area (Å²) in [5.41, 5.74) is 1.58. The molecule has 0 aromatic heterocycles. The monoisotopic (exact) mass is 312 g/mol. The number of hydrogen-bond acceptors (Lipinski definition) is 4. The van der Waals surface area contributed by atoms with Crippen molar-refractivity contribution in [2.24, 2.45) is 0 Å². The van der Waals surface area contributed by atoms with Gasteiger partial charge >= 0.3 is 5.97 Å². The van der Waals surface area contributed by atoms with E-state index in [0.717, 1.165) is 29.7 Å².